The molecule has 2 amide bonds. The summed E-state index contributed by atoms with van der Waals surface area (Å²) in [6.07, 6.45) is 4.77. The topological polar surface area (TPSA) is 80.3 Å². The van der Waals surface area contributed by atoms with Gasteiger partial charge in [0.1, 0.15) is 17.2 Å². The molecule has 3 aromatic rings. The molecular formula is C20H17N3O3S. The first-order valence-electron chi connectivity index (χ1n) is 8.12. The van der Waals surface area contributed by atoms with Gasteiger partial charge in [-0.15, -0.1) is 11.3 Å². The van der Waals surface area contributed by atoms with E-state index in [2.05, 4.69) is 15.6 Å². The molecule has 0 bridgehead atoms. The first-order valence-corrected chi connectivity index (χ1v) is 9.00. The molecule has 2 N–H and O–H groups in total. The zero-order valence-electron chi connectivity index (χ0n) is 14.5. The molecule has 7 heteroatoms. The number of carbonyl (C=O) groups excluding carboxylic acids is 2. The zero-order chi connectivity index (χ0) is 19.1. The summed E-state index contributed by atoms with van der Waals surface area (Å²) >= 11 is 1.57. The Bertz CT molecular complexity index is 951. The second-order valence-corrected chi connectivity index (χ2v) is 6.40. The molecule has 2 heterocycles. The van der Waals surface area contributed by atoms with Crippen molar-refractivity contribution in [3.63, 3.8) is 0 Å². The van der Waals surface area contributed by atoms with Crippen molar-refractivity contribution in [2.24, 2.45) is 0 Å². The summed E-state index contributed by atoms with van der Waals surface area (Å²) in [6, 6.07) is 14.1. The van der Waals surface area contributed by atoms with Crippen LogP contribution in [0.2, 0.25) is 0 Å². The van der Waals surface area contributed by atoms with Crippen molar-refractivity contribution < 1.29 is 14.3 Å². The number of thiophene rings is 1. The highest BCUT2D eigenvalue weighted by molar-refractivity contribution is 7.10. The lowest BCUT2D eigenvalue weighted by Crippen LogP contribution is -2.18. The van der Waals surface area contributed by atoms with E-state index in [4.69, 9.17) is 4.74 Å². The molecule has 0 saturated heterocycles. The van der Waals surface area contributed by atoms with Gasteiger partial charge < -0.3 is 15.4 Å². The number of nitrogens with zero attached hydrogens (tertiary/aromatic N) is 1. The monoisotopic (exact) mass is 379 g/mol. The molecular weight excluding hydrogens is 362 g/mol. The maximum atomic E-state index is 11.9. The van der Waals surface area contributed by atoms with Gasteiger partial charge in [-0.25, -0.2) is 0 Å². The minimum absolute atomic E-state index is 0.207. The van der Waals surface area contributed by atoms with Gasteiger partial charge in [-0.3, -0.25) is 14.6 Å². The molecule has 3 rings (SSSR count). The fraction of sp³-hybridized carbons (Fsp3) is 0.0500. The van der Waals surface area contributed by atoms with E-state index in [1.807, 2.05) is 17.5 Å². The number of anilines is 1. The SMILES string of the molecule is CNC(=O)c1cc(Oc2ccc(NC(=O)C=Cc3cccs3)cc2)ccn1. The van der Waals surface area contributed by atoms with Crippen LogP contribution in [0.4, 0.5) is 5.69 Å². The van der Waals surface area contributed by atoms with E-state index in [0.717, 1.165) is 4.88 Å². The van der Waals surface area contributed by atoms with E-state index < -0.39 is 0 Å². The fourth-order valence-electron chi connectivity index (χ4n) is 2.20. The summed E-state index contributed by atoms with van der Waals surface area (Å²) in [6.45, 7) is 0. The molecule has 136 valence electrons. The van der Waals surface area contributed by atoms with Crippen LogP contribution in [0.15, 0.2) is 66.2 Å². The van der Waals surface area contributed by atoms with E-state index in [1.165, 1.54) is 12.3 Å². The Morgan fingerprint density at radius 2 is 1.93 bits per heavy atom. The molecule has 0 aliphatic rings. The first-order chi connectivity index (χ1) is 13.1. The maximum absolute atomic E-state index is 11.9. The van der Waals surface area contributed by atoms with Crippen molar-refractivity contribution >= 4 is 34.9 Å². The summed E-state index contributed by atoms with van der Waals surface area (Å²) < 4.78 is 5.72. The van der Waals surface area contributed by atoms with Crippen LogP contribution in [0.3, 0.4) is 0 Å². The smallest absolute Gasteiger partial charge is 0.269 e. The predicted molar refractivity (Wildman–Crippen MR) is 106 cm³/mol. The number of nitrogens with one attached hydrogen (secondary N) is 2. The van der Waals surface area contributed by atoms with Gasteiger partial charge in [-0.05, 0) is 47.9 Å². The maximum Gasteiger partial charge on any atom is 0.269 e. The van der Waals surface area contributed by atoms with Crippen LogP contribution in [-0.4, -0.2) is 23.8 Å². The Hall–Kier alpha value is -3.45. The fourth-order valence-corrected chi connectivity index (χ4v) is 2.82. The Morgan fingerprint density at radius 3 is 2.63 bits per heavy atom. The molecule has 1 aromatic carbocycles. The van der Waals surface area contributed by atoms with Gasteiger partial charge in [0.15, 0.2) is 0 Å². The molecule has 0 spiro atoms. The Labute approximate surface area is 160 Å². The van der Waals surface area contributed by atoms with Crippen molar-refractivity contribution in [3.05, 3.63) is 76.8 Å². The molecule has 0 aliphatic carbocycles. The van der Waals surface area contributed by atoms with Crippen molar-refractivity contribution in [3.8, 4) is 11.5 Å². The van der Waals surface area contributed by atoms with Crippen LogP contribution in [-0.2, 0) is 4.79 Å². The van der Waals surface area contributed by atoms with Gasteiger partial charge in [0.2, 0.25) is 5.91 Å². The predicted octanol–water partition coefficient (Wildman–Crippen LogP) is 3.95. The number of benzene rings is 1. The highest BCUT2D eigenvalue weighted by Crippen LogP contribution is 2.23. The summed E-state index contributed by atoms with van der Waals surface area (Å²) in [7, 11) is 1.54. The first kappa shape index (κ1) is 18.3. The Balaban J connectivity index is 1.60. The molecule has 2 aromatic heterocycles. The van der Waals surface area contributed by atoms with Gasteiger partial charge in [0.05, 0.1) is 0 Å². The molecule has 27 heavy (non-hydrogen) atoms. The minimum atomic E-state index is -0.283. The largest absolute Gasteiger partial charge is 0.457 e. The highest BCUT2D eigenvalue weighted by Gasteiger charge is 2.07. The average molecular weight is 379 g/mol. The van der Waals surface area contributed by atoms with E-state index in [9.17, 15) is 9.59 Å². The third kappa shape index (κ3) is 5.26. The molecule has 0 saturated carbocycles. The lowest BCUT2D eigenvalue weighted by molar-refractivity contribution is -0.111. The third-order valence-electron chi connectivity index (χ3n) is 3.49. The van der Waals surface area contributed by atoms with Crippen molar-refractivity contribution in [2.75, 3.05) is 12.4 Å². The summed E-state index contributed by atoms with van der Waals surface area (Å²) in [5.41, 5.74) is 0.931. The van der Waals surface area contributed by atoms with Crippen LogP contribution in [0.1, 0.15) is 15.4 Å². The Kier molecular flexibility index (Phi) is 5.96. The minimum Gasteiger partial charge on any atom is -0.457 e. The molecule has 0 unspecified atom stereocenters. The summed E-state index contributed by atoms with van der Waals surface area (Å²) in [5, 5.41) is 7.26. The molecule has 0 atom stereocenters. The van der Waals surface area contributed by atoms with E-state index in [1.54, 1.807) is 60.9 Å². The number of ether oxygens (including phenoxy) is 1. The van der Waals surface area contributed by atoms with Crippen molar-refractivity contribution in [1.29, 1.82) is 0 Å². The van der Waals surface area contributed by atoms with Crippen molar-refractivity contribution in [2.45, 2.75) is 0 Å². The Morgan fingerprint density at radius 1 is 1.11 bits per heavy atom. The van der Waals surface area contributed by atoms with Crippen LogP contribution < -0.4 is 15.4 Å². The summed E-state index contributed by atoms with van der Waals surface area (Å²) in [5.74, 6) is 0.589. The van der Waals surface area contributed by atoms with Crippen LogP contribution >= 0.6 is 11.3 Å². The van der Waals surface area contributed by atoms with Gasteiger partial charge in [-0.1, -0.05) is 6.07 Å². The normalized spacial score (nSPS) is 10.6. The number of aromatic nitrogens is 1. The van der Waals surface area contributed by atoms with Crippen molar-refractivity contribution in [1.82, 2.24) is 10.3 Å². The van der Waals surface area contributed by atoms with E-state index in [0.29, 0.717) is 17.2 Å². The second-order valence-electron chi connectivity index (χ2n) is 5.42. The van der Waals surface area contributed by atoms with Crippen LogP contribution in [0.5, 0.6) is 11.5 Å². The molecule has 0 fully saturated rings. The molecule has 0 aliphatic heterocycles. The lowest BCUT2D eigenvalue weighted by atomic mass is 10.3. The molecule has 0 radical (unpaired) electrons. The van der Waals surface area contributed by atoms with Gasteiger partial charge >= 0.3 is 0 Å². The number of hydrogen-bond donors (Lipinski definition) is 2. The third-order valence-corrected chi connectivity index (χ3v) is 4.33. The van der Waals surface area contributed by atoms with Gasteiger partial charge in [0.25, 0.3) is 5.91 Å². The zero-order valence-corrected chi connectivity index (χ0v) is 15.3. The van der Waals surface area contributed by atoms with Gasteiger partial charge in [0, 0.05) is 36.0 Å². The van der Waals surface area contributed by atoms with Gasteiger partial charge in [-0.2, -0.15) is 0 Å². The molecule has 6 nitrogen and oxygen atoms in total. The standard InChI is InChI=1S/C20H17N3O3S/c1-21-20(25)18-13-16(10-11-22-18)26-15-6-4-14(5-7-15)23-19(24)9-8-17-3-2-12-27-17/h2-13H,1H3,(H,21,25)(H,23,24). The number of hydrogen-bond acceptors (Lipinski definition) is 5. The lowest BCUT2D eigenvalue weighted by Gasteiger charge is -2.08. The number of carbonyl (C=O) groups is 2. The number of pyridine rings is 1. The second kappa shape index (κ2) is 8.77. The van der Waals surface area contributed by atoms with E-state index in [-0.39, 0.29) is 17.5 Å². The average Bonchev–Trinajstić information content (AvgIpc) is 3.21. The quantitative estimate of drug-likeness (QED) is 0.636. The number of amides is 2. The van der Waals surface area contributed by atoms with E-state index >= 15 is 0 Å². The van der Waals surface area contributed by atoms with Crippen LogP contribution in [0, 0.1) is 0 Å². The summed E-state index contributed by atoms with van der Waals surface area (Å²) in [4.78, 5) is 28.6. The highest BCUT2D eigenvalue weighted by atomic mass is 32.1. The number of rotatable bonds is 6. The van der Waals surface area contributed by atoms with Crippen LogP contribution in [0.25, 0.3) is 6.08 Å².